The molecule has 0 spiro atoms. The molecular formula is C19H21N3OS2. The molecule has 3 aromatic rings. The van der Waals surface area contributed by atoms with Crippen LogP contribution in [0.3, 0.4) is 0 Å². The molecule has 1 aromatic carbocycles. The predicted octanol–water partition coefficient (Wildman–Crippen LogP) is 4.79. The molecule has 0 N–H and O–H groups in total. The number of rotatable bonds is 6. The van der Waals surface area contributed by atoms with Crippen molar-refractivity contribution >= 4 is 23.1 Å². The van der Waals surface area contributed by atoms with Crippen molar-refractivity contribution < 1.29 is 4.74 Å². The highest BCUT2D eigenvalue weighted by atomic mass is 32.2. The molecule has 0 saturated carbocycles. The monoisotopic (exact) mass is 371 g/mol. The average Bonchev–Trinajstić information content (AvgIpc) is 3.36. The van der Waals surface area contributed by atoms with Gasteiger partial charge in [0.1, 0.15) is 0 Å². The summed E-state index contributed by atoms with van der Waals surface area (Å²) < 4.78 is 8.18. The average molecular weight is 372 g/mol. The van der Waals surface area contributed by atoms with Gasteiger partial charge in [-0.3, -0.25) is 0 Å². The quantitative estimate of drug-likeness (QED) is 0.584. The second-order valence-electron chi connectivity index (χ2n) is 6.18. The third-order valence-electron chi connectivity index (χ3n) is 4.31. The number of imidazole rings is 1. The van der Waals surface area contributed by atoms with Crippen molar-refractivity contribution in [3.05, 3.63) is 52.6 Å². The van der Waals surface area contributed by atoms with Gasteiger partial charge in [-0.15, -0.1) is 11.3 Å². The number of nitrogens with zero attached hydrogens (tertiary/aromatic N) is 3. The third kappa shape index (κ3) is 3.97. The van der Waals surface area contributed by atoms with Gasteiger partial charge in [0.2, 0.25) is 0 Å². The molecule has 1 saturated heterocycles. The molecule has 0 bridgehead atoms. The molecule has 0 amide bonds. The van der Waals surface area contributed by atoms with Crippen LogP contribution in [0.1, 0.15) is 23.5 Å². The Kier molecular flexibility index (Phi) is 5.20. The summed E-state index contributed by atoms with van der Waals surface area (Å²) in [7, 11) is 0. The molecule has 1 fully saturated rings. The van der Waals surface area contributed by atoms with Gasteiger partial charge in [0, 0.05) is 17.7 Å². The van der Waals surface area contributed by atoms with Gasteiger partial charge in [-0.05, 0) is 25.3 Å². The summed E-state index contributed by atoms with van der Waals surface area (Å²) in [5.74, 6) is 0.848. The van der Waals surface area contributed by atoms with E-state index in [1.807, 2.05) is 19.2 Å². The normalized spacial score (nSPS) is 17.2. The van der Waals surface area contributed by atoms with Crippen LogP contribution in [-0.4, -0.2) is 27.2 Å². The van der Waals surface area contributed by atoms with E-state index in [0.717, 1.165) is 53.3 Å². The van der Waals surface area contributed by atoms with Crippen molar-refractivity contribution in [3.63, 3.8) is 0 Å². The number of ether oxygens (including phenoxy) is 1. The van der Waals surface area contributed by atoms with Crippen LogP contribution in [0.2, 0.25) is 0 Å². The van der Waals surface area contributed by atoms with Crippen LogP contribution in [0.5, 0.6) is 0 Å². The Balaban J connectivity index is 1.59. The molecule has 1 atom stereocenters. The Bertz CT molecular complexity index is 822. The van der Waals surface area contributed by atoms with E-state index in [-0.39, 0.29) is 6.10 Å². The summed E-state index contributed by atoms with van der Waals surface area (Å²) in [5, 5.41) is 4.29. The Morgan fingerprint density at radius 3 is 2.92 bits per heavy atom. The van der Waals surface area contributed by atoms with Crippen LogP contribution in [0.4, 0.5) is 0 Å². The van der Waals surface area contributed by atoms with Crippen LogP contribution < -0.4 is 0 Å². The van der Waals surface area contributed by atoms with E-state index < -0.39 is 0 Å². The van der Waals surface area contributed by atoms with Crippen molar-refractivity contribution in [1.29, 1.82) is 0 Å². The van der Waals surface area contributed by atoms with Gasteiger partial charge in [-0.25, -0.2) is 9.97 Å². The van der Waals surface area contributed by atoms with Crippen LogP contribution in [-0.2, 0) is 17.0 Å². The van der Waals surface area contributed by atoms with E-state index in [2.05, 4.69) is 39.2 Å². The number of hydrogen-bond acceptors (Lipinski definition) is 5. The molecule has 1 unspecified atom stereocenters. The third-order valence-corrected chi connectivity index (χ3v) is 6.16. The van der Waals surface area contributed by atoms with E-state index in [1.54, 1.807) is 23.1 Å². The zero-order chi connectivity index (χ0) is 17.1. The predicted molar refractivity (Wildman–Crippen MR) is 103 cm³/mol. The Morgan fingerprint density at radius 1 is 1.32 bits per heavy atom. The highest BCUT2D eigenvalue weighted by molar-refractivity contribution is 7.98. The second-order valence-corrected chi connectivity index (χ2v) is 8.19. The molecule has 130 valence electrons. The first-order valence-electron chi connectivity index (χ1n) is 8.56. The molecule has 25 heavy (non-hydrogen) atoms. The maximum Gasteiger partial charge on any atom is 0.168 e. The zero-order valence-corrected chi connectivity index (χ0v) is 15.9. The number of thiazole rings is 1. The Morgan fingerprint density at radius 2 is 2.20 bits per heavy atom. The maximum absolute atomic E-state index is 5.87. The Labute approximate surface area is 156 Å². The highest BCUT2D eigenvalue weighted by Crippen LogP contribution is 2.30. The number of hydrogen-bond donors (Lipinski definition) is 0. The summed E-state index contributed by atoms with van der Waals surface area (Å²) in [6.45, 7) is 3.79. The van der Waals surface area contributed by atoms with Crippen molar-refractivity contribution in [2.24, 2.45) is 0 Å². The first-order valence-corrected chi connectivity index (χ1v) is 10.4. The van der Waals surface area contributed by atoms with E-state index >= 15 is 0 Å². The summed E-state index contributed by atoms with van der Waals surface area (Å²) in [6.07, 6.45) is 4.55. The lowest BCUT2D eigenvalue weighted by molar-refractivity contribution is 0.0954. The molecule has 1 aliphatic rings. The van der Waals surface area contributed by atoms with E-state index in [4.69, 9.17) is 9.72 Å². The molecule has 0 aliphatic carbocycles. The SMILES string of the molecule is Cc1nc(CSc2ncc(-c3ccccc3)n2CC2CCCO2)cs1. The number of benzene rings is 1. The van der Waals surface area contributed by atoms with E-state index in [1.165, 1.54) is 5.56 Å². The Hall–Kier alpha value is -1.63. The first kappa shape index (κ1) is 16.8. The first-order chi connectivity index (χ1) is 12.3. The van der Waals surface area contributed by atoms with E-state index in [0.29, 0.717) is 0 Å². The molecule has 1 aliphatic heterocycles. The van der Waals surface area contributed by atoms with Gasteiger partial charge in [-0.2, -0.15) is 0 Å². The standard InChI is InChI=1S/C19H21N3OS2/c1-14-21-16(12-24-14)13-25-19-20-10-18(15-6-3-2-4-7-15)22(19)11-17-8-5-9-23-17/h2-4,6-7,10,12,17H,5,8-9,11,13H2,1H3. The lowest BCUT2D eigenvalue weighted by Crippen LogP contribution is -2.16. The smallest absolute Gasteiger partial charge is 0.168 e. The molecule has 0 radical (unpaired) electrons. The zero-order valence-electron chi connectivity index (χ0n) is 14.2. The van der Waals surface area contributed by atoms with Gasteiger partial charge in [-0.1, -0.05) is 42.1 Å². The van der Waals surface area contributed by atoms with Crippen molar-refractivity contribution in [3.8, 4) is 11.3 Å². The highest BCUT2D eigenvalue weighted by Gasteiger charge is 2.20. The van der Waals surface area contributed by atoms with Crippen LogP contribution in [0, 0.1) is 6.92 Å². The van der Waals surface area contributed by atoms with Gasteiger partial charge < -0.3 is 9.30 Å². The van der Waals surface area contributed by atoms with Crippen molar-refractivity contribution in [1.82, 2.24) is 14.5 Å². The fraction of sp³-hybridized carbons (Fsp3) is 0.368. The molecular weight excluding hydrogens is 350 g/mol. The number of aryl methyl sites for hydroxylation is 1. The number of aromatic nitrogens is 3. The fourth-order valence-electron chi connectivity index (χ4n) is 3.09. The molecule has 4 rings (SSSR count). The largest absolute Gasteiger partial charge is 0.376 e. The number of thioether (sulfide) groups is 1. The molecule has 3 heterocycles. The molecule has 6 heteroatoms. The lowest BCUT2D eigenvalue weighted by Gasteiger charge is -2.16. The van der Waals surface area contributed by atoms with Crippen molar-refractivity contribution in [2.45, 2.75) is 43.3 Å². The van der Waals surface area contributed by atoms with Crippen LogP contribution >= 0.6 is 23.1 Å². The van der Waals surface area contributed by atoms with Gasteiger partial charge in [0.05, 0.1) is 35.2 Å². The van der Waals surface area contributed by atoms with Gasteiger partial charge in [0.25, 0.3) is 0 Å². The fourth-order valence-corrected chi connectivity index (χ4v) is 4.69. The minimum Gasteiger partial charge on any atom is -0.376 e. The lowest BCUT2D eigenvalue weighted by atomic mass is 10.1. The minimum absolute atomic E-state index is 0.289. The molecule has 2 aromatic heterocycles. The van der Waals surface area contributed by atoms with Gasteiger partial charge >= 0.3 is 0 Å². The summed E-state index contributed by atoms with van der Waals surface area (Å²) in [5.41, 5.74) is 3.48. The summed E-state index contributed by atoms with van der Waals surface area (Å²) in [4.78, 5) is 9.26. The van der Waals surface area contributed by atoms with E-state index in [9.17, 15) is 0 Å². The van der Waals surface area contributed by atoms with Crippen LogP contribution in [0.15, 0.2) is 47.1 Å². The summed E-state index contributed by atoms with van der Waals surface area (Å²) in [6, 6.07) is 10.5. The van der Waals surface area contributed by atoms with Crippen LogP contribution in [0.25, 0.3) is 11.3 Å². The second kappa shape index (κ2) is 7.72. The topological polar surface area (TPSA) is 39.9 Å². The molecule has 4 nitrogen and oxygen atoms in total. The maximum atomic E-state index is 5.87. The van der Waals surface area contributed by atoms with Gasteiger partial charge in [0.15, 0.2) is 5.16 Å². The minimum atomic E-state index is 0.289. The van der Waals surface area contributed by atoms with Crippen molar-refractivity contribution in [2.75, 3.05) is 6.61 Å². The summed E-state index contributed by atoms with van der Waals surface area (Å²) >= 11 is 3.45.